The van der Waals surface area contributed by atoms with Crippen LogP contribution in [0.2, 0.25) is 0 Å². The molecule has 12 heteroatoms. The molecule has 0 saturated carbocycles. The summed E-state index contributed by atoms with van der Waals surface area (Å²) < 4.78 is 56.4. The minimum atomic E-state index is -4.86. The van der Waals surface area contributed by atoms with Crippen molar-refractivity contribution < 1.29 is 27.3 Å². The highest BCUT2D eigenvalue weighted by molar-refractivity contribution is 5.93. The number of alkyl halides is 3. The molecular formula is C21H19F4N5O3. The van der Waals surface area contributed by atoms with Gasteiger partial charge in [0.05, 0.1) is 16.7 Å². The number of amides is 1. The number of rotatable bonds is 3. The van der Waals surface area contributed by atoms with E-state index in [9.17, 15) is 32.5 Å². The molecule has 3 aromatic rings. The predicted molar refractivity (Wildman–Crippen MR) is 109 cm³/mol. The van der Waals surface area contributed by atoms with Crippen LogP contribution in [0.25, 0.3) is 16.9 Å². The van der Waals surface area contributed by atoms with Gasteiger partial charge in [0.15, 0.2) is 11.3 Å². The van der Waals surface area contributed by atoms with Gasteiger partial charge in [-0.25, -0.2) is 13.9 Å². The molecule has 0 spiro atoms. The Kier molecular flexibility index (Phi) is 5.76. The Morgan fingerprint density at radius 2 is 1.94 bits per heavy atom. The van der Waals surface area contributed by atoms with E-state index in [-0.39, 0.29) is 28.6 Å². The van der Waals surface area contributed by atoms with E-state index in [0.717, 1.165) is 43.9 Å². The second-order valence-corrected chi connectivity index (χ2v) is 7.94. The maximum Gasteiger partial charge on any atom is 0.433 e. The zero-order chi connectivity index (χ0) is 23.9. The van der Waals surface area contributed by atoms with Crippen molar-refractivity contribution in [3.8, 4) is 11.3 Å². The number of nitro benzene ring substituents is 1. The summed E-state index contributed by atoms with van der Waals surface area (Å²) in [5, 5.41) is 14.6. The molecule has 1 saturated heterocycles. The largest absolute Gasteiger partial charge is 0.433 e. The van der Waals surface area contributed by atoms with Gasteiger partial charge in [-0.15, -0.1) is 0 Å². The van der Waals surface area contributed by atoms with Gasteiger partial charge in [0, 0.05) is 36.3 Å². The highest BCUT2D eigenvalue weighted by Gasteiger charge is 2.37. The Hall–Kier alpha value is -3.57. The monoisotopic (exact) mass is 465 g/mol. The van der Waals surface area contributed by atoms with Crippen molar-refractivity contribution in [1.82, 2.24) is 19.5 Å². The van der Waals surface area contributed by atoms with E-state index in [2.05, 4.69) is 10.1 Å². The molecule has 8 nitrogen and oxygen atoms in total. The summed E-state index contributed by atoms with van der Waals surface area (Å²) in [6.45, 7) is 2.27. The summed E-state index contributed by atoms with van der Waals surface area (Å²) >= 11 is 0. The van der Waals surface area contributed by atoms with E-state index in [1.807, 2.05) is 6.92 Å². The van der Waals surface area contributed by atoms with Gasteiger partial charge in [0.1, 0.15) is 11.5 Å². The van der Waals surface area contributed by atoms with Crippen molar-refractivity contribution in [3.05, 3.63) is 57.7 Å². The number of benzene rings is 1. The first-order valence-electron chi connectivity index (χ1n) is 10.3. The molecule has 174 valence electrons. The van der Waals surface area contributed by atoms with Crippen molar-refractivity contribution in [2.45, 2.75) is 44.8 Å². The van der Waals surface area contributed by atoms with Gasteiger partial charge in [-0.05, 0) is 25.8 Å². The first-order chi connectivity index (χ1) is 15.6. The average molecular weight is 465 g/mol. The highest BCUT2D eigenvalue weighted by Crippen LogP contribution is 2.33. The van der Waals surface area contributed by atoms with Crippen LogP contribution in [0.1, 0.15) is 48.8 Å². The van der Waals surface area contributed by atoms with Gasteiger partial charge in [-0.3, -0.25) is 14.9 Å². The number of non-ortho nitro benzene ring substituents is 1. The van der Waals surface area contributed by atoms with Crippen LogP contribution in [0, 0.1) is 15.9 Å². The molecule has 1 aromatic carbocycles. The molecule has 1 atom stereocenters. The SMILES string of the molecule is CC1CCCCCN1C(=O)c1cc(C(F)(F)F)n2nc(-c3ccc([N+](=O)[O-])cc3F)cc2n1. The molecule has 0 aliphatic carbocycles. The molecule has 1 aliphatic rings. The number of likely N-dealkylation sites (tertiary alicyclic amines) is 1. The zero-order valence-corrected chi connectivity index (χ0v) is 17.5. The average Bonchev–Trinajstić information content (AvgIpc) is 3.05. The summed E-state index contributed by atoms with van der Waals surface area (Å²) in [5.41, 5.74) is -2.83. The van der Waals surface area contributed by atoms with Gasteiger partial charge >= 0.3 is 6.18 Å². The van der Waals surface area contributed by atoms with E-state index >= 15 is 0 Å². The van der Waals surface area contributed by atoms with Gasteiger partial charge in [0.25, 0.3) is 11.6 Å². The van der Waals surface area contributed by atoms with Gasteiger partial charge in [-0.1, -0.05) is 12.8 Å². The fourth-order valence-corrected chi connectivity index (χ4v) is 3.97. The predicted octanol–water partition coefficient (Wildman–Crippen LogP) is 4.87. The van der Waals surface area contributed by atoms with E-state index in [0.29, 0.717) is 23.2 Å². The number of aromatic nitrogens is 3. The van der Waals surface area contributed by atoms with E-state index in [4.69, 9.17) is 0 Å². The van der Waals surface area contributed by atoms with Crippen LogP contribution >= 0.6 is 0 Å². The van der Waals surface area contributed by atoms with Crippen LogP contribution in [0.15, 0.2) is 30.3 Å². The minimum absolute atomic E-state index is 0.137. The van der Waals surface area contributed by atoms with Crippen molar-refractivity contribution in [1.29, 1.82) is 0 Å². The van der Waals surface area contributed by atoms with Crippen LogP contribution in [-0.4, -0.2) is 42.9 Å². The molecule has 1 aliphatic heterocycles. The Bertz CT molecular complexity index is 1240. The molecule has 1 fully saturated rings. The van der Waals surface area contributed by atoms with Gasteiger partial charge in [0.2, 0.25) is 0 Å². The van der Waals surface area contributed by atoms with Crippen molar-refractivity contribution in [2.75, 3.05) is 6.54 Å². The summed E-state index contributed by atoms with van der Waals surface area (Å²) in [7, 11) is 0. The number of carbonyl (C=O) groups is 1. The number of carbonyl (C=O) groups excluding carboxylic acids is 1. The summed E-state index contributed by atoms with van der Waals surface area (Å²) in [5.74, 6) is -1.63. The fourth-order valence-electron chi connectivity index (χ4n) is 3.97. The lowest BCUT2D eigenvalue weighted by Gasteiger charge is -2.27. The third-order valence-electron chi connectivity index (χ3n) is 5.69. The molecular weight excluding hydrogens is 446 g/mol. The number of fused-ring (bicyclic) bond motifs is 1. The number of hydrogen-bond acceptors (Lipinski definition) is 5. The quantitative estimate of drug-likeness (QED) is 0.313. The van der Waals surface area contributed by atoms with Crippen LogP contribution in [0.5, 0.6) is 0 Å². The Balaban J connectivity index is 1.82. The Morgan fingerprint density at radius 3 is 2.61 bits per heavy atom. The first-order valence-corrected chi connectivity index (χ1v) is 10.3. The number of halogens is 4. The van der Waals surface area contributed by atoms with Crippen molar-refractivity contribution in [3.63, 3.8) is 0 Å². The van der Waals surface area contributed by atoms with E-state index in [1.54, 1.807) is 0 Å². The Labute approximate surface area is 185 Å². The normalized spacial score (nSPS) is 17.2. The number of hydrogen-bond donors (Lipinski definition) is 0. The lowest BCUT2D eigenvalue weighted by Crippen LogP contribution is -2.39. The molecule has 1 unspecified atom stereocenters. The lowest BCUT2D eigenvalue weighted by molar-refractivity contribution is -0.385. The topological polar surface area (TPSA) is 93.6 Å². The summed E-state index contributed by atoms with van der Waals surface area (Å²) in [4.78, 5) is 28.7. The second kappa shape index (κ2) is 8.41. The van der Waals surface area contributed by atoms with Crippen LogP contribution in [0.3, 0.4) is 0 Å². The smallest absolute Gasteiger partial charge is 0.335 e. The first kappa shape index (κ1) is 22.6. The van der Waals surface area contributed by atoms with Gasteiger partial charge < -0.3 is 4.90 Å². The standard InChI is InChI=1S/C21H19F4N5O3/c1-12-5-3-2-4-8-28(12)20(31)17-10-18(21(23,24)25)29-19(26-17)11-16(27-29)14-7-6-13(30(32)33)9-15(14)22/h6-7,9-12H,2-5,8H2,1H3. The highest BCUT2D eigenvalue weighted by atomic mass is 19.4. The minimum Gasteiger partial charge on any atom is -0.335 e. The lowest BCUT2D eigenvalue weighted by atomic mass is 10.1. The molecule has 0 radical (unpaired) electrons. The number of nitro groups is 1. The summed E-state index contributed by atoms with van der Waals surface area (Å²) in [6.07, 6.45) is -1.51. The van der Waals surface area contributed by atoms with Crippen LogP contribution < -0.4 is 0 Å². The molecule has 33 heavy (non-hydrogen) atoms. The van der Waals surface area contributed by atoms with Crippen molar-refractivity contribution in [2.24, 2.45) is 0 Å². The molecule has 1 amide bonds. The number of nitrogens with zero attached hydrogens (tertiary/aromatic N) is 5. The third kappa shape index (κ3) is 4.37. The molecule has 0 bridgehead atoms. The fraction of sp³-hybridized carbons (Fsp3) is 0.381. The zero-order valence-electron chi connectivity index (χ0n) is 17.5. The second-order valence-electron chi connectivity index (χ2n) is 7.94. The maximum absolute atomic E-state index is 14.4. The van der Waals surface area contributed by atoms with Crippen molar-refractivity contribution >= 4 is 17.2 Å². The van der Waals surface area contributed by atoms with E-state index < -0.39 is 34.2 Å². The molecule has 0 N–H and O–H groups in total. The Morgan fingerprint density at radius 1 is 1.18 bits per heavy atom. The van der Waals surface area contributed by atoms with Crippen LogP contribution in [-0.2, 0) is 6.18 Å². The molecule has 3 heterocycles. The van der Waals surface area contributed by atoms with E-state index in [1.165, 1.54) is 4.90 Å². The molecule has 2 aromatic heterocycles. The van der Waals surface area contributed by atoms with Crippen LogP contribution in [0.4, 0.5) is 23.2 Å². The summed E-state index contributed by atoms with van der Waals surface area (Å²) in [6, 6.07) is 4.37. The third-order valence-corrected chi connectivity index (χ3v) is 5.69. The molecule has 4 rings (SSSR count). The van der Waals surface area contributed by atoms with Gasteiger partial charge in [-0.2, -0.15) is 18.3 Å². The maximum atomic E-state index is 14.4.